The monoisotopic (exact) mass is 731 g/mol. The number of benzene rings is 1. The molecule has 7 atom stereocenters. The largest absolute Gasteiger partial charge is 0.391 e. The molecule has 0 bridgehead atoms. The van der Waals surface area contributed by atoms with E-state index in [4.69, 9.17) is 17.2 Å². The molecule has 0 unspecified atom stereocenters. The van der Waals surface area contributed by atoms with Crippen molar-refractivity contribution >= 4 is 35.4 Å². The summed E-state index contributed by atoms with van der Waals surface area (Å²) < 4.78 is 0. The molecule has 1 aromatic rings. The molecule has 0 radical (unpaired) electrons. The molecule has 0 fully saturated rings. The highest BCUT2D eigenvalue weighted by atomic mass is 16.3. The van der Waals surface area contributed by atoms with Crippen LogP contribution in [0.3, 0.4) is 0 Å². The molecule has 0 spiro atoms. The van der Waals surface area contributed by atoms with Gasteiger partial charge in [-0.2, -0.15) is 10.2 Å². The van der Waals surface area contributed by atoms with Gasteiger partial charge in [0.25, 0.3) is 0 Å². The van der Waals surface area contributed by atoms with Crippen molar-refractivity contribution < 1.29 is 33.9 Å². The average Bonchev–Trinajstić information content (AvgIpc) is 3.08. The van der Waals surface area contributed by atoms with E-state index in [1.165, 1.54) is 6.92 Å². The Morgan fingerprint density at radius 1 is 0.692 bits per heavy atom. The van der Waals surface area contributed by atoms with Gasteiger partial charge in [-0.3, -0.25) is 28.8 Å². The zero-order valence-corrected chi connectivity index (χ0v) is 30.3. The van der Waals surface area contributed by atoms with Gasteiger partial charge in [0.05, 0.1) is 6.10 Å². The molecule has 1 aromatic carbocycles. The molecule has 18 heteroatoms. The van der Waals surface area contributed by atoms with Crippen LogP contribution in [-0.2, 0) is 35.2 Å². The van der Waals surface area contributed by atoms with Gasteiger partial charge < -0.3 is 54.2 Å². The summed E-state index contributed by atoms with van der Waals surface area (Å²) in [4.78, 5) is 80.4. The lowest BCUT2D eigenvalue weighted by Gasteiger charge is -2.27. The van der Waals surface area contributed by atoms with E-state index in [1.807, 2.05) is 19.9 Å². The Balaban J connectivity index is 2.53. The maximum Gasteiger partial charge on any atom is 0.249 e. The Hall–Kier alpha value is -4.52. The number of carbonyl (C=O) groups excluding carboxylic acids is 6. The molecule has 2 rings (SSSR count). The number of nitrogens with zero attached hydrogens (tertiary/aromatic N) is 2. The van der Waals surface area contributed by atoms with E-state index in [2.05, 4.69) is 42.1 Å². The van der Waals surface area contributed by atoms with Gasteiger partial charge in [0.15, 0.2) is 6.04 Å². The molecule has 18 nitrogen and oxygen atoms in total. The average molecular weight is 732 g/mol. The minimum absolute atomic E-state index is 0.0264. The first-order valence-corrected chi connectivity index (χ1v) is 17.8. The molecule has 1 aliphatic rings. The molecular formula is C34H57N11O7. The van der Waals surface area contributed by atoms with Crippen LogP contribution in [0.1, 0.15) is 64.9 Å². The summed E-state index contributed by atoms with van der Waals surface area (Å²) in [6, 6.07) is 3.14. The Labute approximate surface area is 304 Å². The summed E-state index contributed by atoms with van der Waals surface area (Å²) in [6.07, 6.45) is -1.66. The zero-order chi connectivity index (χ0) is 38.6. The number of nitrogens with two attached hydrogens (primary N) is 3. The summed E-state index contributed by atoms with van der Waals surface area (Å²) >= 11 is 0. The van der Waals surface area contributed by atoms with Gasteiger partial charge in [-0.05, 0) is 63.7 Å². The van der Waals surface area contributed by atoms with Gasteiger partial charge in [0, 0.05) is 25.8 Å². The van der Waals surface area contributed by atoms with E-state index >= 15 is 0 Å². The van der Waals surface area contributed by atoms with Crippen LogP contribution in [-0.4, -0.2) is 109 Å². The lowest BCUT2D eigenvalue weighted by atomic mass is 10.00. The SMILES string of the molecule is CC(C)C[C@@H]1NC(=O)[C@@H](Cc2ccccc2)NC(=O)[C@H](CCN)NC(=O)CCCNC(=O)[C@H]([C@@H](C)O)/N=N/[C@H](CCN)NC(=O)[C@H](CCN)NC1=O. The highest BCUT2D eigenvalue weighted by Crippen LogP contribution is 2.11. The van der Waals surface area contributed by atoms with E-state index < -0.39 is 77.9 Å². The number of carbonyl (C=O) groups is 6. The number of amides is 6. The van der Waals surface area contributed by atoms with Gasteiger partial charge in [0.1, 0.15) is 30.3 Å². The van der Waals surface area contributed by atoms with Crippen LogP contribution in [0.2, 0.25) is 0 Å². The number of aliphatic hydroxyl groups excluding tert-OH is 1. The van der Waals surface area contributed by atoms with Crippen molar-refractivity contribution in [1.29, 1.82) is 0 Å². The van der Waals surface area contributed by atoms with Gasteiger partial charge >= 0.3 is 0 Å². The molecule has 52 heavy (non-hydrogen) atoms. The Morgan fingerprint density at radius 3 is 1.83 bits per heavy atom. The van der Waals surface area contributed by atoms with E-state index in [9.17, 15) is 33.9 Å². The molecule has 6 amide bonds. The summed E-state index contributed by atoms with van der Waals surface area (Å²) in [6.45, 7) is 5.28. The van der Waals surface area contributed by atoms with Gasteiger partial charge in [-0.25, -0.2) is 0 Å². The van der Waals surface area contributed by atoms with E-state index in [0.717, 1.165) is 5.56 Å². The van der Waals surface area contributed by atoms with E-state index in [1.54, 1.807) is 24.3 Å². The first-order valence-electron chi connectivity index (χ1n) is 17.8. The van der Waals surface area contributed by atoms with Crippen molar-refractivity contribution in [3.8, 4) is 0 Å². The van der Waals surface area contributed by atoms with Gasteiger partial charge in [-0.15, -0.1) is 0 Å². The highest BCUT2D eigenvalue weighted by molar-refractivity contribution is 5.95. The van der Waals surface area contributed by atoms with Crippen LogP contribution in [0.25, 0.3) is 0 Å². The molecule has 1 heterocycles. The normalized spacial score (nSPS) is 26.2. The lowest BCUT2D eigenvalue weighted by molar-refractivity contribution is -0.135. The van der Waals surface area contributed by atoms with Crippen LogP contribution in [0, 0.1) is 5.92 Å². The predicted molar refractivity (Wildman–Crippen MR) is 193 cm³/mol. The molecule has 0 aromatic heterocycles. The van der Waals surface area contributed by atoms with Crippen LogP contribution in [0.4, 0.5) is 0 Å². The third kappa shape index (κ3) is 15.4. The van der Waals surface area contributed by atoms with Gasteiger partial charge in [0.2, 0.25) is 35.4 Å². The van der Waals surface area contributed by atoms with Crippen molar-refractivity contribution in [3.63, 3.8) is 0 Å². The van der Waals surface area contributed by atoms with Crippen molar-refractivity contribution in [2.75, 3.05) is 26.2 Å². The first kappa shape index (κ1) is 43.6. The van der Waals surface area contributed by atoms with Crippen molar-refractivity contribution in [1.82, 2.24) is 31.9 Å². The fourth-order valence-electron chi connectivity index (χ4n) is 5.38. The minimum atomic E-state index is -1.34. The topological polar surface area (TPSA) is 298 Å². The molecule has 0 saturated carbocycles. The molecular weight excluding hydrogens is 674 g/mol. The maximum absolute atomic E-state index is 13.9. The Kier molecular flexibility index (Phi) is 19.4. The fraction of sp³-hybridized carbons (Fsp3) is 0.647. The molecule has 0 saturated heterocycles. The Bertz CT molecular complexity index is 1350. The number of nitrogens with one attached hydrogen (secondary N) is 6. The van der Waals surface area contributed by atoms with E-state index in [0.29, 0.717) is 0 Å². The van der Waals surface area contributed by atoms with Crippen LogP contribution in [0.5, 0.6) is 0 Å². The molecule has 290 valence electrons. The van der Waals surface area contributed by atoms with Crippen molar-refractivity contribution in [2.45, 2.75) is 108 Å². The second kappa shape index (κ2) is 23.1. The quantitative estimate of drug-likeness (QED) is 0.117. The van der Waals surface area contributed by atoms with Crippen molar-refractivity contribution in [2.24, 2.45) is 33.3 Å². The summed E-state index contributed by atoms with van der Waals surface area (Å²) in [5, 5.41) is 34.5. The third-order valence-corrected chi connectivity index (χ3v) is 8.14. The van der Waals surface area contributed by atoms with Crippen LogP contribution in [0.15, 0.2) is 40.6 Å². The molecule has 0 aliphatic carbocycles. The second-order valence-corrected chi connectivity index (χ2v) is 13.2. The predicted octanol–water partition coefficient (Wildman–Crippen LogP) is -2.19. The fourth-order valence-corrected chi connectivity index (χ4v) is 5.38. The van der Waals surface area contributed by atoms with Crippen molar-refractivity contribution in [3.05, 3.63) is 35.9 Å². The standard InChI is InChI=1S/C34H57N11O7/c1-20(2)18-25-32(50)40-24(12-15-36)31(49)43-27(13-16-37)44-45-29(21(3)46)34(52)38-17-7-10-28(47)39-23(11-14-35)30(48)42-26(33(51)41-25)19-22-8-5-4-6-9-22/h4-6,8-9,20-21,23-27,29,46H,7,10-19,35-37H2,1-3H3,(H,38,52)(H,39,47)(H,40,50)(H,41,51)(H,42,48)(H,43,49)/b45-44+/t21-,23+,24+,25+,26-,27-,29+/m1/s1. The summed E-state index contributed by atoms with van der Waals surface area (Å²) in [5.74, 6) is -3.83. The minimum Gasteiger partial charge on any atom is -0.391 e. The highest BCUT2D eigenvalue weighted by Gasteiger charge is 2.32. The summed E-state index contributed by atoms with van der Waals surface area (Å²) in [5.41, 5.74) is 18.0. The lowest BCUT2D eigenvalue weighted by Crippen LogP contribution is -2.59. The maximum atomic E-state index is 13.9. The summed E-state index contributed by atoms with van der Waals surface area (Å²) in [7, 11) is 0. The molecule has 13 N–H and O–H groups in total. The third-order valence-electron chi connectivity index (χ3n) is 8.14. The number of aliphatic hydroxyl groups is 1. The zero-order valence-electron chi connectivity index (χ0n) is 30.3. The first-order chi connectivity index (χ1) is 24.8. The van der Waals surface area contributed by atoms with Crippen LogP contribution >= 0.6 is 0 Å². The van der Waals surface area contributed by atoms with Crippen LogP contribution < -0.4 is 49.1 Å². The molecule has 1 aliphatic heterocycles. The number of hydrogen-bond acceptors (Lipinski definition) is 12. The van der Waals surface area contributed by atoms with E-state index in [-0.39, 0.29) is 77.0 Å². The van der Waals surface area contributed by atoms with Gasteiger partial charge in [-0.1, -0.05) is 44.2 Å². The smallest absolute Gasteiger partial charge is 0.249 e. The number of rotatable bonds is 11. The number of azo groups is 1. The Morgan fingerprint density at radius 2 is 1.23 bits per heavy atom. The number of hydrogen-bond donors (Lipinski definition) is 10. The second-order valence-electron chi connectivity index (χ2n) is 13.2.